The van der Waals surface area contributed by atoms with E-state index in [4.69, 9.17) is 20.8 Å². The smallest absolute Gasteiger partial charge is 0.277 e. The van der Waals surface area contributed by atoms with Gasteiger partial charge in [-0.1, -0.05) is 30.3 Å². The van der Waals surface area contributed by atoms with Gasteiger partial charge in [0, 0.05) is 18.1 Å². The van der Waals surface area contributed by atoms with Gasteiger partial charge < -0.3 is 14.1 Å². The van der Waals surface area contributed by atoms with Gasteiger partial charge in [0.15, 0.2) is 6.61 Å². The standard InChI is InChI=1S/C18H22ClN3O3S/c1-12-5-7-22(8-6-12)17(23)11-26-18-21-20-16(25-18)10-24-14-3-4-15(19)13(2)9-14/h3-4,9,12H,5-8,10-11H2,1-2H3. The Morgan fingerprint density at radius 3 is 2.88 bits per heavy atom. The van der Waals surface area contributed by atoms with Crippen LogP contribution < -0.4 is 4.74 Å². The Bertz CT molecular complexity index is 760. The number of halogens is 1. The Hall–Kier alpha value is -1.73. The fourth-order valence-electron chi connectivity index (χ4n) is 2.68. The van der Waals surface area contributed by atoms with Crippen molar-refractivity contribution in [1.82, 2.24) is 15.1 Å². The maximum Gasteiger partial charge on any atom is 0.277 e. The van der Waals surface area contributed by atoms with Crippen molar-refractivity contribution in [2.75, 3.05) is 18.8 Å². The number of amides is 1. The van der Waals surface area contributed by atoms with Gasteiger partial charge in [-0.2, -0.15) is 0 Å². The number of carbonyl (C=O) groups is 1. The molecular formula is C18H22ClN3O3S. The van der Waals surface area contributed by atoms with Crippen LogP contribution in [0.2, 0.25) is 5.02 Å². The van der Waals surface area contributed by atoms with Gasteiger partial charge in [-0.05, 0) is 49.4 Å². The predicted octanol–water partition coefficient (Wildman–Crippen LogP) is 3.96. The molecule has 0 atom stereocenters. The van der Waals surface area contributed by atoms with Crippen molar-refractivity contribution in [3.63, 3.8) is 0 Å². The summed E-state index contributed by atoms with van der Waals surface area (Å²) in [6.07, 6.45) is 2.14. The van der Waals surface area contributed by atoms with Crippen LogP contribution in [0.4, 0.5) is 0 Å². The van der Waals surface area contributed by atoms with Crippen LogP contribution in [0.15, 0.2) is 27.8 Å². The van der Waals surface area contributed by atoms with Gasteiger partial charge in [0.1, 0.15) is 5.75 Å². The van der Waals surface area contributed by atoms with E-state index in [0.717, 1.165) is 31.5 Å². The zero-order valence-electron chi connectivity index (χ0n) is 14.9. The maximum absolute atomic E-state index is 12.2. The first kappa shape index (κ1) is 19.0. The molecule has 0 saturated carbocycles. The summed E-state index contributed by atoms with van der Waals surface area (Å²) in [7, 11) is 0. The highest BCUT2D eigenvalue weighted by atomic mass is 35.5. The highest BCUT2D eigenvalue weighted by Gasteiger charge is 2.21. The van der Waals surface area contributed by atoms with E-state index < -0.39 is 0 Å². The van der Waals surface area contributed by atoms with E-state index in [-0.39, 0.29) is 12.5 Å². The second-order valence-corrected chi connectivity index (χ2v) is 7.85. The molecule has 0 unspecified atom stereocenters. The van der Waals surface area contributed by atoms with Crippen LogP contribution >= 0.6 is 23.4 Å². The second-order valence-electron chi connectivity index (χ2n) is 6.51. The van der Waals surface area contributed by atoms with Gasteiger partial charge in [0.25, 0.3) is 11.1 Å². The average molecular weight is 396 g/mol. The molecule has 3 rings (SSSR count). The van der Waals surface area contributed by atoms with Crippen LogP contribution in [-0.4, -0.2) is 39.8 Å². The van der Waals surface area contributed by atoms with Crippen molar-refractivity contribution >= 4 is 29.3 Å². The fraction of sp³-hybridized carbons (Fsp3) is 0.500. The van der Waals surface area contributed by atoms with Crippen molar-refractivity contribution in [3.8, 4) is 5.75 Å². The lowest BCUT2D eigenvalue weighted by Crippen LogP contribution is -2.38. The molecule has 1 fully saturated rings. The van der Waals surface area contributed by atoms with Gasteiger partial charge in [-0.15, -0.1) is 10.2 Å². The zero-order chi connectivity index (χ0) is 18.5. The van der Waals surface area contributed by atoms with Crippen LogP contribution in [0, 0.1) is 12.8 Å². The summed E-state index contributed by atoms with van der Waals surface area (Å²) >= 11 is 7.26. The Kier molecular flexibility index (Phi) is 6.43. The highest BCUT2D eigenvalue weighted by Crippen LogP contribution is 2.23. The molecule has 1 aliphatic heterocycles. The number of aryl methyl sites for hydroxylation is 1. The number of benzene rings is 1. The topological polar surface area (TPSA) is 68.5 Å². The summed E-state index contributed by atoms with van der Waals surface area (Å²) in [6.45, 7) is 5.99. The minimum Gasteiger partial charge on any atom is -0.484 e. The summed E-state index contributed by atoms with van der Waals surface area (Å²) in [4.78, 5) is 14.1. The van der Waals surface area contributed by atoms with Crippen molar-refractivity contribution in [3.05, 3.63) is 34.7 Å². The summed E-state index contributed by atoms with van der Waals surface area (Å²) < 4.78 is 11.2. The molecule has 26 heavy (non-hydrogen) atoms. The van der Waals surface area contributed by atoms with Crippen LogP contribution in [-0.2, 0) is 11.4 Å². The van der Waals surface area contributed by atoms with Gasteiger partial charge in [-0.25, -0.2) is 0 Å². The molecule has 2 heterocycles. The molecule has 1 aliphatic rings. The molecule has 140 valence electrons. The summed E-state index contributed by atoms with van der Waals surface area (Å²) in [5, 5.41) is 9.00. The minimum absolute atomic E-state index is 0.120. The number of carbonyl (C=O) groups excluding carboxylic acids is 1. The Balaban J connectivity index is 1.45. The minimum atomic E-state index is 0.120. The molecule has 1 aromatic carbocycles. The predicted molar refractivity (Wildman–Crippen MR) is 101 cm³/mol. The first-order chi connectivity index (χ1) is 12.5. The quantitative estimate of drug-likeness (QED) is 0.689. The molecule has 0 aliphatic carbocycles. The number of aromatic nitrogens is 2. The van der Waals surface area contributed by atoms with Crippen molar-refractivity contribution in [2.24, 2.45) is 5.92 Å². The largest absolute Gasteiger partial charge is 0.484 e. The average Bonchev–Trinajstić information content (AvgIpc) is 3.09. The first-order valence-corrected chi connectivity index (χ1v) is 9.99. The molecule has 0 spiro atoms. The van der Waals surface area contributed by atoms with Gasteiger partial charge in [0.05, 0.1) is 5.75 Å². The van der Waals surface area contributed by atoms with Crippen molar-refractivity contribution < 1.29 is 13.9 Å². The molecule has 0 bridgehead atoms. The number of nitrogens with zero attached hydrogens (tertiary/aromatic N) is 3. The second kappa shape index (κ2) is 8.77. The normalized spacial score (nSPS) is 15.3. The Morgan fingerprint density at radius 1 is 1.38 bits per heavy atom. The van der Waals surface area contributed by atoms with Gasteiger partial charge >= 0.3 is 0 Å². The third-order valence-corrected chi connectivity index (χ3v) is 5.62. The van der Waals surface area contributed by atoms with E-state index in [1.54, 1.807) is 12.1 Å². The summed E-state index contributed by atoms with van der Waals surface area (Å²) in [6, 6.07) is 5.43. The van der Waals surface area contributed by atoms with Crippen molar-refractivity contribution in [2.45, 2.75) is 38.5 Å². The van der Waals surface area contributed by atoms with Crippen LogP contribution in [0.1, 0.15) is 31.2 Å². The number of rotatable bonds is 6. The molecule has 0 N–H and O–H groups in total. The first-order valence-electron chi connectivity index (χ1n) is 8.63. The molecular weight excluding hydrogens is 374 g/mol. The number of likely N-dealkylation sites (tertiary alicyclic amines) is 1. The maximum atomic E-state index is 12.2. The van der Waals surface area contributed by atoms with Gasteiger partial charge in [0.2, 0.25) is 5.91 Å². The molecule has 6 nitrogen and oxygen atoms in total. The van der Waals surface area contributed by atoms with E-state index in [1.165, 1.54) is 11.8 Å². The van der Waals surface area contributed by atoms with Crippen LogP contribution in [0.3, 0.4) is 0 Å². The molecule has 1 saturated heterocycles. The van der Waals surface area contributed by atoms with E-state index in [9.17, 15) is 4.79 Å². The van der Waals surface area contributed by atoms with E-state index in [0.29, 0.717) is 33.6 Å². The number of piperidine rings is 1. The number of hydrogen-bond donors (Lipinski definition) is 0. The lowest BCUT2D eigenvalue weighted by Gasteiger charge is -2.30. The number of ether oxygens (including phenoxy) is 1. The monoisotopic (exact) mass is 395 g/mol. The highest BCUT2D eigenvalue weighted by molar-refractivity contribution is 7.99. The summed E-state index contributed by atoms with van der Waals surface area (Å²) in [5.74, 6) is 2.20. The summed E-state index contributed by atoms with van der Waals surface area (Å²) in [5.41, 5.74) is 0.941. The molecule has 1 aromatic heterocycles. The van der Waals surface area contributed by atoms with E-state index in [1.807, 2.05) is 17.9 Å². The number of thioether (sulfide) groups is 1. The molecule has 8 heteroatoms. The van der Waals surface area contributed by atoms with E-state index in [2.05, 4.69) is 17.1 Å². The lowest BCUT2D eigenvalue weighted by atomic mass is 9.99. The number of hydrogen-bond acceptors (Lipinski definition) is 6. The Morgan fingerprint density at radius 2 is 2.15 bits per heavy atom. The van der Waals surface area contributed by atoms with E-state index >= 15 is 0 Å². The lowest BCUT2D eigenvalue weighted by molar-refractivity contribution is -0.129. The fourth-order valence-corrected chi connectivity index (χ4v) is 3.48. The molecule has 0 radical (unpaired) electrons. The Labute approximate surface area is 162 Å². The zero-order valence-corrected chi connectivity index (χ0v) is 16.5. The third-order valence-electron chi connectivity index (χ3n) is 4.40. The van der Waals surface area contributed by atoms with Crippen LogP contribution in [0.5, 0.6) is 5.75 Å². The molecule has 2 aromatic rings. The SMILES string of the molecule is Cc1cc(OCc2nnc(SCC(=O)N3CCC(C)CC3)o2)ccc1Cl. The third kappa shape index (κ3) is 5.14. The van der Waals surface area contributed by atoms with Crippen molar-refractivity contribution in [1.29, 1.82) is 0 Å². The van der Waals surface area contributed by atoms with Gasteiger partial charge in [-0.3, -0.25) is 4.79 Å². The molecule has 1 amide bonds. The van der Waals surface area contributed by atoms with Crippen LogP contribution in [0.25, 0.3) is 0 Å².